The van der Waals surface area contributed by atoms with Crippen LogP contribution < -0.4 is 10.1 Å². The lowest BCUT2D eigenvalue weighted by Crippen LogP contribution is -2.44. The number of halogens is 2. The Kier molecular flexibility index (Phi) is 6.25. The summed E-state index contributed by atoms with van der Waals surface area (Å²) in [6.45, 7) is 8.56. The Morgan fingerprint density at radius 3 is 2.55 bits per heavy atom. The van der Waals surface area contributed by atoms with Crippen LogP contribution >= 0.6 is 0 Å². The summed E-state index contributed by atoms with van der Waals surface area (Å²) in [4.78, 5) is 11.6. The summed E-state index contributed by atoms with van der Waals surface area (Å²) in [7, 11) is 0. The number of nitrogens with one attached hydrogen (secondary N) is 2. The summed E-state index contributed by atoms with van der Waals surface area (Å²) >= 11 is 0. The largest absolute Gasteiger partial charge is 0.464 e. The number of aromatic amines is 1. The first-order chi connectivity index (χ1) is 15.7. The smallest absolute Gasteiger partial charge is 0.289 e. The molecule has 0 bridgehead atoms. The van der Waals surface area contributed by atoms with Gasteiger partial charge in [0.2, 0.25) is 0 Å². The number of rotatable bonds is 6. The molecule has 1 aliphatic heterocycles. The Bertz CT molecular complexity index is 1170. The van der Waals surface area contributed by atoms with E-state index in [9.17, 15) is 13.9 Å². The summed E-state index contributed by atoms with van der Waals surface area (Å²) in [6.07, 6.45) is 3.34. The lowest BCUT2D eigenvalue weighted by molar-refractivity contribution is 0.0180. The Hall–Kier alpha value is -3.20. The van der Waals surface area contributed by atoms with Crippen LogP contribution in [0.3, 0.4) is 0 Å². The summed E-state index contributed by atoms with van der Waals surface area (Å²) in [5.74, 6) is -1.59. The van der Waals surface area contributed by atoms with E-state index in [1.807, 2.05) is 33.9 Å². The maximum atomic E-state index is 14.9. The number of aliphatic hydroxyl groups is 1. The van der Waals surface area contributed by atoms with E-state index in [4.69, 9.17) is 9.47 Å². The van der Waals surface area contributed by atoms with Gasteiger partial charge in [-0.2, -0.15) is 0 Å². The first kappa shape index (κ1) is 23.0. The summed E-state index contributed by atoms with van der Waals surface area (Å²) in [6, 6.07) is 3.98. The highest BCUT2D eigenvalue weighted by atomic mass is 19.1. The fraction of sp³-hybridized carbons (Fsp3) is 0.417. The van der Waals surface area contributed by atoms with Crippen molar-refractivity contribution >= 4 is 22.7 Å². The van der Waals surface area contributed by atoms with Gasteiger partial charge in [0.1, 0.15) is 18.0 Å². The quantitative estimate of drug-likeness (QED) is 0.473. The van der Waals surface area contributed by atoms with E-state index >= 15 is 0 Å². The molecule has 3 aromatic rings. The number of aromatic nitrogens is 2. The topological polar surface area (TPSA) is 91.8 Å². The number of fused-ring (bicyclic) bond motifs is 1. The van der Waals surface area contributed by atoms with Gasteiger partial charge in [0.05, 0.1) is 18.5 Å². The van der Waals surface area contributed by atoms with Gasteiger partial charge in [-0.1, -0.05) is 27.7 Å². The minimum absolute atomic E-state index is 0.0569. The zero-order valence-corrected chi connectivity index (χ0v) is 19.1. The van der Waals surface area contributed by atoms with Crippen LogP contribution in [0.2, 0.25) is 0 Å². The Labute approximate surface area is 190 Å². The molecule has 1 aromatic carbocycles. The molecule has 0 saturated heterocycles. The number of hydrogen-bond acceptors (Lipinski definition) is 6. The summed E-state index contributed by atoms with van der Waals surface area (Å²) in [5.41, 5.74) is 1.20. The van der Waals surface area contributed by atoms with Gasteiger partial charge in [-0.3, -0.25) is 0 Å². The van der Waals surface area contributed by atoms with E-state index in [0.29, 0.717) is 23.3 Å². The fourth-order valence-corrected chi connectivity index (χ4v) is 3.79. The molecule has 0 spiro atoms. The highest BCUT2D eigenvalue weighted by molar-refractivity contribution is 5.90. The molecule has 1 aliphatic rings. The second-order valence-corrected chi connectivity index (χ2v) is 9.01. The molecule has 2 aromatic heterocycles. The first-order valence-electron chi connectivity index (χ1n) is 10.9. The van der Waals surface area contributed by atoms with Gasteiger partial charge in [-0.15, -0.1) is 0 Å². The number of ether oxygens (including phenoxy) is 2. The number of aliphatic imine (C=N–C) groups is 1. The molecule has 0 aliphatic carbocycles. The lowest BCUT2D eigenvalue weighted by atomic mass is 9.78. The molecule has 3 heterocycles. The van der Waals surface area contributed by atoms with Crippen molar-refractivity contribution in [3.05, 3.63) is 47.8 Å². The highest BCUT2D eigenvalue weighted by Crippen LogP contribution is 2.37. The van der Waals surface area contributed by atoms with Crippen molar-refractivity contribution in [2.45, 2.75) is 33.6 Å². The molecule has 176 valence electrons. The van der Waals surface area contributed by atoms with Gasteiger partial charge in [-0.05, 0) is 23.5 Å². The SMILES string of the molecule is CC(C)c1c[nH]c2nccc(Oc3c(F)cc(NC4=NCC(CO)(C(C)C)CO4)cc3F)c12. The fourth-order valence-electron chi connectivity index (χ4n) is 3.79. The van der Waals surface area contributed by atoms with Crippen molar-refractivity contribution in [1.29, 1.82) is 0 Å². The molecule has 0 fully saturated rings. The molecular weight excluding hydrogens is 430 g/mol. The van der Waals surface area contributed by atoms with E-state index in [2.05, 4.69) is 20.3 Å². The van der Waals surface area contributed by atoms with Gasteiger partial charge in [-0.25, -0.2) is 18.8 Å². The van der Waals surface area contributed by atoms with Gasteiger partial charge >= 0.3 is 0 Å². The maximum absolute atomic E-state index is 14.9. The van der Waals surface area contributed by atoms with Crippen LogP contribution in [0.15, 0.2) is 35.6 Å². The normalized spacial score (nSPS) is 18.5. The second-order valence-electron chi connectivity index (χ2n) is 9.01. The molecule has 1 atom stereocenters. The first-order valence-corrected chi connectivity index (χ1v) is 10.9. The number of H-pyrrole nitrogens is 1. The molecule has 33 heavy (non-hydrogen) atoms. The number of amidine groups is 1. The lowest BCUT2D eigenvalue weighted by Gasteiger charge is -2.37. The number of hydrogen-bond donors (Lipinski definition) is 3. The van der Waals surface area contributed by atoms with Crippen LogP contribution in [0.4, 0.5) is 14.5 Å². The predicted molar refractivity (Wildman–Crippen MR) is 123 cm³/mol. The van der Waals surface area contributed by atoms with E-state index < -0.39 is 22.8 Å². The van der Waals surface area contributed by atoms with Gasteiger partial charge in [0.25, 0.3) is 6.02 Å². The van der Waals surface area contributed by atoms with Crippen LogP contribution in [0, 0.1) is 23.0 Å². The molecule has 3 N–H and O–H groups in total. The Morgan fingerprint density at radius 1 is 1.24 bits per heavy atom. The van der Waals surface area contributed by atoms with E-state index in [-0.39, 0.29) is 36.8 Å². The monoisotopic (exact) mass is 458 g/mol. The van der Waals surface area contributed by atoms with Crippen molar-refractivity contribution in [2.75, 3.05) is 25.1 Å². The molecule has 1 unspecified atom stereocenters. The van der Waals surface area contributed by atoms with Crippen LogP contribution in [0.1, 0.15) is 39.2 Å². The molecule has 0 saturated carbocycles. The van der Waals surface area contributed by atoms with Crippen LogP contribution in [0.5, 0.6) is 11.5 Å². The van der Waals surface area contributed by atoms with Crippen molar-refractivity contribution in [1.82, 2.24) is 9.97 Å². The number of pyridine rings is 1. The van der Waals surface area contributed by atoms with E-state index in [1.165, 1.54) is 6.20 Å². The zero-order valence-electron chi connectivity index (χ0n) is 19.1. The highest BCUT2D eigenvalue weighted by Gasteiger charge is 2.37. The summed E-state index contributed by atoms with van der Waals surface area (Å²) in [5, 5.41) is 13.2. The predicted octanol–water partition coefficient (Wildman–Crippen LogP) is 5.19. The standard InChI is InChI=1S/C24H28F2N4O3/c1-13(2)16-9-28-22-20(16)19(5-6-27-22)33-21-17(25)7-15(8-18(21)26)30-23-29-10-24(11-31,12-32-23)14(3)4/h5-9,13-14,31H,10-12H2,1-4H3,(H,27,28)(H,29,30). The maximum Gasteiger partial charge on any atom is 0.289 e. The van der Waals surface area contributed by atoms with Crippen LogP contribution in [-0.4, -0.2) is 40.9 Å². The Morgan fingerprint density at radius 2 is 1.97 bits per heavy atom. The molecule has 9 heteroatoms. The third kappa shape index (κ3) is 4.37. The Balaban J connectivity index is 1.57. The minimum atomic E-state index is -0.868. The molecule has 0 radical (unpaired) electrons. The van der Waals surface area contributed by atoms with Crippen molar-refractivity contribution in [2.24, 2.45) is 16.3 Å². The van der Waals surface area contributed by atoms with E-state index in [1.54, 1.807) is 6.07 Å². The minimum Gasteiger partial charge on any atom is -0.464 e. The van der Waals surface area contributed by atoms with E-state index in [0.717, 1.165) is 17.7 Å². The molecule has 4 rings (SSSR count). The van der Waals surface area contributed by atoms with Gasteiger partial charge in [0.15, 0.2) is 17.4 Å². The molecule has 7 nitrogen and oxygen atoms in total. The third-order valence-corrected chi connectivity index (χ3v) is 6.22. The van der Waals surface area contributed by atoms with Gasteiger partial charge in [0, 0.05) is 35.6 Å². The van der Waals surface area contributed by atoms with Crippen molar-refractivity contribution < 1.29 is 23.4 Å². The third-order valence-electron chi connectivity index (χ3n) is 6.22. The average Bonchev–Trinajstić information content (AvgIpc) is 3.22. The van der Waals surface area contributed by atoms with Crippen molar-refractivity contribution in [3.63, 3.8) is 0 Å². The van der Waals surface area contributed by atoms with Crippen LogP contribution in [-0.2, 0) is 4.74 Å². The molecular formula is C24H28F2N4O3. The summed E-state index contributed by atoms with van der Waals surface area (Å²) < 4.78 is 41.1. The van der Waals surface area contributed by atoms with Crippen LogP contribution in [0.25, 0.3) is 11.0 Å². The number of aliphatic hydroxyl groups excluding tert-OH is 1. The number of nitrogens with zero attached hydrogens (tertiary/aromatic N) is 2. The number of benzene rings is 1. The average molecular weight is 459 g/mol. The van der Waals surface area contributed by atoms with Gasteiger partial charge < -0.3 is 24.9 Å². The van der Waals surface area contributed by atoms with Crippen molar-refractivity contribution in [3.8, 4) is 11.5 Å². The second kappa shape index (κ2) is 8.97. The zero-order chi connectivity index (χ0) is 23.8. The molecule has 0 amide bonds. The number of anilines is 1.